The van der Waals surface area contributed by atoms with E-state index in [9.17, 15) is 5.11 Å². The monoisotopic (exact) mass is 338 g/mol. The average Bonchev–Trinajstić information content (AvgIpc) is 3.06. The van der Waals surface area contributed by atoms with Crippen LogP contribution >= 0.6 is 22.9 Å². The fourth-order valence-electron chi connectivity index (χ4n) is 2.70. The van der Waals surface area contributed by atoms with Crippen molar-refractivity contribution in [3.63, 3.8) is 0 Å². The van der Waals surface area contributed by atoms with Crippen molar-refractivity contribution in [2.75, 3.05) is 19.8 Å². The van der Waals surface area contributed by atoms with E-state index in [0.29, 0.717) is 18.2 Å². The van der Waals surface area contributed by atoms with E-state index in [0.717, 1.165) is 30.1 Å². The number of thiophene rings is 1. The molecule has 1 aliphatic heterocycles. The smallest absolute Gasteiger partial charge is 0.129 e. The van der Waals surface area contributed by atoms with Gasteiger partial charge in [0, 0.05) is 30.2 Å². The number of ether oxygens (including phenoxy) is 1. The highest BCUT2D eigenvalue weighted by atomic mass is 35.5. The average molecular weight is 339 g/mol. The maximum Gasteiger partial charge on any atom is 0.129 e. The fourth-order valence-corrected chi connectivity index (χ4v) is 3.54. The Labute approximate surface area is 139 Å². The first-order chi connectivity index (χ1) is 10.7. The predicted octanol–water partition coefficient (Wildman–Crippen LogP) is 3.12. The molecule has 0 spiro atoms. The lowest BCUT2D eigenvalue weighted by Crippen LogP contribution is -2.45. The minimum atomic E-state index is -0.433. The summed E-state index contributed by atoms with van der Waals surface area (Å²) in [6, 6.07) is 7.97. The van der Waals surface area contributed by atoms with E-state index in [2.05, 4.69) is 9.88 Å². The molecule has 22 heavy (non-hydrogen) atoms. The maximum atomic E-state index is 10.4. The number of rotatable bonds is 5. The first kappa shape index (κ1) is 15.9. The molecule has 1 aliphatic rings. The zero-order valence-electron chi connectivity index (χ0n) is 12.2. The molecule has 0 aromatic carbocycles. The second-order valence-corrected chi connectivity index (χ2v) is 6.82. The maximum absolute atomic E-state index is 10.4. The molecular weight excluding hydrogens is 320 g/mol. The molecular formula is C16H19ClN2O2S. The van der Waals surface area contributed by atoms with Crippen molar-refractivity contribution in [1.82, 2.24) is 9.88 Å². The molecule has 0 aliphatic carbocycles. The Bertz CT molecular complexity index is 576. The van der Waals surface area contributed by atoms with Crippen LogP contribution in [0.1, 0.15) is 23.0 Å². The highest BCUT2D eigenvalue weighted by Gasteiger charge is 2.26. The molecule has 1 fully saturated rings. The standard InChI is InChI=1S/C16H19ClN2O2S/c17-16-4-3-12(9-18-16)10-19-5-6-21-11-13(19)8-14(20)15-2-1-7-22-15/h1-4,7,9,13-14,20H,5-6,8,10-11H2. The Morgan fingerprint density at radius 3 is 3.09 bits per heavy atom. The summed E-state index contributed by atoms with van der Waals surface area (Å²) in [6.45, 7) is 3.05. The summed E-state index contributed by atoms with van der Waals surface area (Å²) in [6.07, 6.45) is 2.06. The van der Waals surface area contributed by atoms with Gasteiger partial charge in [0.05, 0.1) is 19.3 Å². The number of aliphatic hydroxyl groups excluding tert-OH is 1. The zero-order valence-corrected chi connectivity index (χ0v) is 13.8. The van der Waals surface area contributed by atoms with Crippen molar-refractivity contribution >= 4 is 22.9 Å². The molecule has 0 amide bonds. The van der Waals surface area contributed by atoms with Crippen molar-refractivity contribution in [2.24, 2.45) is 0 Å². The van der Waals surface area contributed by atoms with Crippen molar-refractivity contribution in [3.05, 3.63) is 51.4 Å². The lowest BCUT2D eigenvalue weighted by molar-refractivity contribution is -0.0296. The van der Waals surface area contributed by atoms with Gasteiger partial charge in [-0.1, -0.05) is 23.7 Å². The van der Waals surface area contributed by atoms with Gasteiger partial charge in [-0.05, 0) is 29.5 Å². The highest BCUT2D eigenvalue weighted by Crippen LogP contribution is 2.26. The van der Waals surface area contributed by atoms with Gasteiger partial charge in [-0.15, -0.1) is 11.3 Å². The Kier molecular flexibility index (Phi) is 5.44. The molecule has 3 rings (SSSR count). The zero-order chi connectivity index (χ0) is 15.4. The van der Waals surface area contributed by atoms with Crippen molar-refractivity contribution in [2.45, 2.75) is 25.1 Å². The third kappa shape index (κ3) is 4.06. The Balaban J connectivity index is 1.64. The molecule has 1 N–H and O–H groups in total. The van der Waals surface area contributed by atoms with E-state index in [1.165, 1.54) is 0 Å². The second kappa shape index (κ2) is 7.53. The van der Waals surface area contributed by atoms with Crippen LogP contribution in [0.4, 0.5) is 0 Å². The first-order valence-corrected chi connectivity index (χ1v) is 8.62. The van der Waals surface area contributed by atoms with Gasteiger partial charge in [-0.3, -0.25) is 4.90 Å². The summed E-state index contributed by atoms with van der Waals surface area (Å²) in [5.41, 5.74) is 1.13. The van der Waals surface area contributed by atoms with Gasteiger partial charge in [0.15, 0.2) is 0 Å². The van der Waals surface area contributed by atoms with Crippen LogP contribution in [0.3, 0.4) is 0 Å². The van der Waals surface area contributed by atoms with Crippen LogP contribution < -0.4 is 0 Å². The van der Waals surface area contributed by atoms with Gasteiger partial charge in [0.25, 0.3) is 0 Å². The Morgan fingerprint density at radius 2 is 2.36 bits per heavy atom. The topological polar surface area (TPSA) is 45.6 Å². The van der Waals surface area contributed by atoms with Crippen LogP contribution in [0.2, 0.25) is 5.15 Å². The molecule has 4 nitrogen and oxygen atoms in total. The Morgan fingerprint density at radius 1 is 1.45 bits per heavy atom. The number of halogens is 1. The quantitative estimate of drug-likeness (QED) is 0.851. The van der Waals surface area contributed by atoms with Crippen LogP contribution in [0.15, 0.2) is 35.8 Å². The third-order valence-electron chi connectivity index (χ3n) is 3.89. The molecule has 0 radical (unpaired) electrons. The van der Waals surface area contributed by atoms with Gasteiger partial charge in [0.1, 0.15) is 5.15 Å². The third-order valence-corrected chi connectivity index (χ3v) is 5.09. The molecule has 3 heterocycles. The number of pyridine rings is 1. The molecule has 1 saturated heterocycles. The number of aliphatic hydroxyl groups is 1. The van der Waals surface area contributed by atoms with Gasteiger partial charge < -0.3 is 9.84 Å². The van der Waals surface area contributed by atoms with Gasteiger partial charge in [-0.2, -0.15) is 0 Å². The van der Waals surface area contributed by atoms with Crippen LogP contribution in [-0.2, 0) is 11.3 Å². The summed E-state index contributed by atoms with van der Waals surface area (Å²) in [7, 11) is 0. The predicted molar refractivity (Wildman–Crippen MR) is 88.2 cm³/mol. The SMILES string of the molecule is OC(CC1COCCN1Cc1ccc(Cl)nc1)c1cccs1. The van der Waals surface area contributed by atoms with Crippen molar-refractivity contribution in [1.29, 1.82) is 0 Å². The lowest BCUT2D eigenvalue weighted by Gasteiger charge is -2.36. The summed E-state index contributed by atoms with van der Waals surface area (Å²) >= 11 is 7.42. The van der Waals surface area contributed by atoms with E-state index in [1.54, 1.807) is 11.3 Å². The molecule has 2 aromatic heterocycles. The Hall–Kier alpha value is -0.980. The number of hydrogen-bond donors (Lipinski definition) is 1. The van der Waals surface area contributed by atoms with Crippen LogP contribution in [-0.4, -0.2) is 40.8 Å². The molecule has 118 valence electrons. The molecule has 2 atom stereocenters. The number of hydrogen-bond acceptors (Lipinski definition) is 5. The minimum absolute atomic E-state index is 0.210. The lowest BCUT2D eigenvalue weighted by atomic mass is 10.1. The van der Waals surface area contributed by atoms with Gasteiger partial charge >= 0.3 is 0 Å². The van der Waals surface area contributed by atoms with Crippen molar-refractivity contribution < 1.29 is 9.84 Å². The van der Waals surface area contributed by atoms with Crippen molar-refractivity contribution in [3.8, 4) is 0 Å². The van der Waals surface area contributed by atoms with E-state index >= 15 is 0 Å². The molecule has 0 saturated carbocycles. The van der Waals surface area contributed by atoms with E-state index < -0.39 is 6.10 Å². The van der Waals surface area contributed by atoms with E-state index in [1.807, 2.05) is 35.8 Å². The van der Waals surface area contributed by atoms with Crippen LogP contribution in [0.5, 0.6) is 0 Å². The molecule has 2 aromatic rings. The molecule has 2 unspecified atom stereocenters. The fraction of sp³-hybridized carbons (Fsp3) is 0.438. The van der Waals surface area contributed by atoms with Crippen LogP contribution in [0, 0.1) is 0 Å². The first-order valence-electron chi connectivity index (χ1n) is 7.36. The normalized spacial score (nSPS) is 20.9. The molecule has 0 bridgehead atoms. The summed E-state index contributed by atoms with van der Waals surface area (Å²) in [4.78, 5) is 7.50. The van der Waals surface area contributed by atoms with Gasteiger partial charge in [-0.25, -0.2) is 4.98 Å². The summed E-state index contributed by atoms with van der Waals surface area (Å²) < 4.78 is 5.60. The largest absolute Gasteiger partial charge is 0.388 e. The second-order valence-electron chi connectivity index (χ2n) is 5.46. The summed E-state index contributed by atoms with van der Waals surface area (Å²) in [5, 5.41) is 12.9. The number of aromatic nitrogens is 1. The summed E-state index contributed by atoms with van der Waals surface area (Å²) in [5.74, 6) is 0. The van der Waals surface area contributed by atoms with E-state index in [4.69, 9.17) is 16.3 Å². The minimum Gasteiger partial charge on any atom is -0.388 e. The number of morpholine rings is 1. The van der Waals surface area contributed by atoms with Crippen LogP contribution in [0.25, 0.3) is 0 Å². The van der Waals surface area contributed by atoms with Gasteiger partial charge in [0.2, 0.25) is 0 Å². The number of nitrogens with zero attached hydrogens (tertiary/aromatic N) is 2. The molecule has 6 heteroatoms. The van der Waals surface area contributed by atoms with E-state index in [-0.39, 0.29) is 6.04 Å². The highest BCUT2D eigenvalue weighted by molar-refractivity contribution is 7.10.